The molecule has 1 saturated heterocycles. The molecule has 0 radical (unpaired) electrons. The van der Waals surface area contributed by atoms with Crippen LogP contribution in [0.2, 0.25) is 0 Å². The van der Waals surface area contributed by atoms with Gasteiger partial charge in [-0.15, -0.1) is 0 Å². The molecular weight excluding hydrogens is 196 g/mol. The second-order valence-corrected chi connectivity index (χ2v) is 5.65. The molecule has 0 amide bonds. The molecule has 1 heterocycles. The molecule has 2 heteroatoms. The zero-order valence-electron chi connectivity index (χ0n) is 11.0. The molecule has 0 aromatic rings. The first-order valence-electron chi connectivity index (χ1n) is 7.28. The van der Waals surface area contributed by atoms with Crippen LogP contribution in [0.3, 0.4) is 0 Å². The monoisotopic (exact) mass is 224 g/mol. The highest BCUT2D eigenvalue weighted by Gasteiger charge is 2.28. The summed E-state index contributed by atoms with van der Waals surface area (Å²) >= 11 is 0. The van der Waals surface area contributed by atoms with Crippen molar-refractivity contribution in [2.45, 2.75) is 64.5 Å². The maximum Gasteiger partial charge on any atom is 0.00952 e. The van der Waals surface area contributed by atoms with Crippen LogP contribution >= 0.6 is 0 Å². The Bertz CT molecular complexity index is 191. The number of nitrogens with zero attached hydrogens (tertiary/aromatic N) is 1. The van der Waals surface area contributed by atoms with Crippen LogP contribution in [0.1, 0.15) is 52.4 Å². The summed E-state index contributed by atoms with van der Waals surface area (Å²) in [6.45, 7) is 8.44. The van der Waals surface area contributed by atoms with Crippen LogP contribution in [-0.4, -0.2) is 36.6 Å². The fourth-order valence-corrected chi connectivity index (χ4v) is 3.54. The highest BCUT2D eigenvalue weighted by Crippen LogP contribution is 2.31. The van der Waals surface area contributed by atoms with Crippen LogP contribution in [0.5, 0.6) is 0 Å². The zero-order valence-corrected chi connectivity index (χ0v) is 11.0. The second-order valence-electron chi connectivity index (χ2n) is 5.65. The molecule has 94 valence electrons. The average molecular weight is 224 g/mol. The first-order valence-corrected chi connectivity index (χ1v) is 7.28. The first-order chi connectivity index (χ1) is 7.81. The number of nitrogens with one attached hydrogen (secondary N) is 1. The van der Waals surface area contributed by atoms with Crippen LogP contribution in [0.4, 0.5) is 0 Å². The van der Waals surface area contributed by atoms with E-state index in [0.29, 0.717) is 0 Å². The van der Waals surface area contributed by atoms with Crippen LogP contribution in [0.25, 0.3) is 0 Å². The van der Waals surface area contributed by atoms with Gasteiger partial charge in [0.05, 0.1) is 0 Å². The molecule has 1 atom stereocenters. The number of piperidine rings is 1. The van der Waals surface area contributed by atoms with Crippen molar-refractivity contribution in [2.75, 3.05) is 19.6 Å². The van der Waals surface area contributed by atoms with E-state index in [1.807, 2.05) is 0 Å². The molecule has 0 aromatic heterocycles. The predicted molar refractivity (Wildman–Crippen MR) is 69.7 cm³/mol. The van der Waals surface area contributed by atoms with E-state index in [-0.39, 0.29) is 0 Å². The summed E-state index contributed by atoms with van der Waals surface area (Å²) in [6.07, 6.45) is 8.62. The SMILES string of the molecule is CCNC1CCN(C(C)C2CCCC2)CC1. The Hall–Kier alpha value is -0.0800. The van der Waals surface area contributed by atoms with Gasteiger partial charge in [0.15, 0.2) is 0 Å². The third kappa shape index (κ3) is 2.98. The van der Waals surface area contributed by atoms with Crippen molar-refractivity contribution in [3.8, 4) is 0 Å². The summed E-state index contributed by atoms with van der Waals surface area (Å²) in [6, 6.07) is 1.63. The molecule has 16 heavy (non-hydrogen) atoms. The molecule has 0 spiro atoms. The molecule has 1 aliphatic carbocycles. The summed E-state index contributed by atoms with van der Waals surface area (Å²) in [5, 5.41) is 3.59. The van der Waals surface area contributed by atoms with Crippen LogP contribution < -0.4 is 5.32 Å². The summed E-state index contributed by atoms with van der Waals surface area (Å²) in [5.74, 6) is 0.996. The normalized spacial score (nSPS) is 27.4. The van der Waals surface area contributed by atoms with E-state index in [2.05, 4.69) is 24.1 Å². The lowest BCUT2D eigenvalue weighted by atomic mass is 9.95. The fraction of sp³-hybridized carbons (Fsp3) is 1.00. The summed E-state index contributed by atoms with van der Waals surface area (Å²) in [5.41, 5.74) is 0. The second kappa shape index (κ2) is 6.02. The fourth-order valence-electron chi connectivity index (χ4n) is 3.54. The van der Waals surface area contributed by atoms with E-state index in [9.17, 15) is 0 Å². The molecular formula is C14H28N2. The minimum absolute atomic E-state index is 0.789. The smallest absolute Gasteiger partial charge is 0.00952 e. The van der Waals surface area contributed by atoms with Crippen molar-refractivity contribution >= 4 is 0 Å². The van der Waals surface area contributed by atoms with E-state index >= 15 is 0 Å². The Morgan fingerprint density at radius 1 is 1.12 bits per heavy atom. The van der Waals surface area contributed by atoms with Crippen molar-refractivity contribution in [1.29, 1.82) is 0 Å². The lowest BCUT2D eigenvalue weighted by molar-refractivity contribution is 0.115. The lowest BCUT2D eigenvalue weighted by Gasteiger charge is -2.38. The molecule has 2 rings (SSSR count). The van der Waals surface area contributed by atoms with Gasteiger partial charge in [-0.05, 0) is 58.2 Å². The van der Waals surface area contributed by atoms with Gasteiger partial charge in [0.25, 0.3) is 0 Å². The summed E-state index contributed by atoms with van der Waals surface area (Å²) in [7, 11) is 0. The zero-order chi connectivity index (χ0) is 11.4. The number of hydrogen-bond donors (Lipinski definition) is 1. The summed E-state index contributed by atoms with van der Waals surface area (Å²) in [4.78, 5) is 2.74. The third-order valence-corrected chi connectivity index (χ3v) is 4.68. The number of rotatable bonds is 4. The Kier molecular flexibility index (Phi) is 4.66. The molecule has 0 bridgehead atoms. The van der Waals surface area contributed by atoms with Gasteiger partial charge in [-0.2, -0.15) is 0 Å². The molecule has 1 unspecified atom stereocenters. The van der Waals surface area contributed by atoms with E-state index < -0.39 is 0 Å². The lowest BCUT2D eigenvalue weighted by Crippen LogP contribution is -2.47. The molecule has 2 nitrogen and oxygen atoms in total. The van der Waals surface area contributed by atoms with Crippen LogP contribution in [-0.2, 0) is 0 Å². The van der Waals surface area contributed by atoms with Gasteiger partial charge in [-0.25, -0.2) is 0 Å². The number of likely N-dealkylation sites (tertiary alicyclic amines) is 1. The van der Waals surface area contributed by atoms with Crippen molar-refractivity contribution in [3.63, 3.8) is 0 Å². The molecule has 0 aromatic carbocycles. The van der Waals surface area contributed by atoms with Crippen molar-refractivity contribution < 1.29 is 0 Å². The highest BCUT2D eigenvalue weighted by atomic mass is 15.2. The van der Waals surface area contributed by atoms with Gasteiger partial charge < -0.3 is 10.2 Å². The van der Waals surface area contributed by atoms with Crippen molar-refractivity contribution in [3.05, 3.63) is 0 Å². The van der Waals surface area contributed by atoms with Crippen LogP contribution in [0, 0.1) is 5.92 Å². The number of hydrogen-bond acceptors (Lipinski definition) is 2. The largest absolute Gasteiger partial charge is 0.314 e. The Labute approximate surface area is 101 Å². The van der Waals surface area contributed by atoms with Gasteiger partial charge in [0.1, 0.15) is 0 Å². The molecule has 1 aliphatic heterocycles. The maximum absolute atomic E-state index is 3.59. The Morgan fingerprint density at radius 3 is 2.31 bits per heavy atom. The molecule has 2 fully saturated rings. The van der Waals surface area contributed by atoms with Gasteiger partial charge in [-0.3, -0.25) is 0 Å². The quantitative estimate of drug-likeness (QED) is 0.790. The van der Waals surface area contributed by atoms with Crippen molar-refractivity contribution in [2.24, 2.45) is 5.92 Å². The van der Waals surface area contributed by atoms with E-state index in [4.69, 9.17) is 0 Å². The topological polar surface area (TPSA) is 15.3 Å². The Morgan fingerprint density at radius 2 is 1.75 bits per heavy atom. The average Bonchev–Trinajstić information content (AvgIpc) is 2.83. The Balaban J connectivity index is 1.74. The minimum atomic E-state index is 0.789. The third-order valence-electron chi connectivity index (χ3n) is 4.68. The van der Waals surface area contributed by atoms with E-state index in [1.54, 1.807) is 0 Å². The van der Waals surface area contributed by atoms with Crippen LogP contribution in [0.15, 0.2) is 0 Å². The van der Waals surface area contributed by atoms with E-state index in [0.717, 1.165) is 24.5 Å². The van der Waals surface area contributed by atoms with Gasteiger partial charge in [-0.1, -0.05) is 19.8 Å². The van der Waals surface area contributed by atoms with Crippen molar-refractivity contribution in [1.82, 2.24) is 10.2 Å². The highest BCUT2D eigenvalue weighted by molar-refractivity contribution is 4.84. The molecule has 2 aliphatic rings. The van der Waals surface area contributed by atoms with E-state index in [1.165, 1.54) is 51.6 Å². The maximum atomic E-state index is 3.59. The van der Waals surface area contributed by atoms with Gasteiger partial charge in [0.2, 0.25) is 0 Å². The first kappa shape index (κ1) is 12.4. The molecule has 1 saturated carbocycles. The van der Waals surface area contributed by atoms with Gasteiger partial charge in [0, 0.05) is 12.1 Å². The standard InChI is InChI=1S/C14H28N2/c1-3-15-14-8-10-16(11-9-14)12(2)13-6-4-5-7-13/h12-15H,3-11H2,1-2H3. The minimum Gasteiger partial charge on any atom is -0.314 e. The van der Waals surface area contributed by atoms with Gasteiger partial charge >= 0.3 is 0 Å². The predicted octanol–water partition coefficient (Wildman–Crippen LogP) is 2.64. The summed E-state index contributed by atoms with van der Waals surface area (Å²) < 4.78 is 0. The molecule has 1 N–H and O–H groups in total.